The molecule has 0 unspecified atom stereocenters. The van der Waals surface area contributed by atoms with E-state index in [1.54, 1.807) is 0 Å². The average Bonchev–Trinajstić information content (AvgIpc) is 2.77. The predicted octanol–water partition coefficient (Wildman–Crippen LogP) is 2.62. The summed E-state index contributed by atoms with van der Waals surface area (Å²) in [5.74, 6) is 0. The van der Waals surface area contributed by atoms with Gasteiger partial charge in [0.15, 0.2) is 0 Å². The van der Waals surface area contributed by atoms with Crippen LogP contribution in [0.2, 0.25) is 0 Å². The number of nitrogens with zero attached hydrogens (tertiary/aromatic N) is 1. The summed E-state index contributed by atoms with van der Waals surface area (Å²) in [6, 6.07) is 4.33. The Morgan fingerprint density at radius 3 is 2.48 bits per heavy atom. The fraction of sp³-hybridized carbons (Fsp3) is 0.231. The van der Waals surface area contributed by atoms with Crippen LogP contribution in [-0.4, -0.2) is 23.5 Å². The van der Waals surface area contributed by atoms with E-state index in [2.05, 4.69) is 15.2 Å². The molecule has 0 fully saturated rings. The number of nitrogens with one attached hydrogen (secondary N) is 2. The van der Waals surface area contributed by atoms with Crippen LogP contribution in [0.5, 0.6) is 0 Å². The molecule has 8 heteroatoms. The molecule has 0 saturated heterocycles. The molecule has 0 aliphatic heterocycles. The van der Waals surface area contributed by atoms with E-state index in [1.807, 2.05) is 0 Å². The van der Waals surface area contributed by atoms with Crippen molar-refractivity contribution in [3.63, 3.8) is 0 Å². The van der Waals surface area contributed by atoms with Gasteiger partial charge in [-0.05, 0) is 24.3 Å². The number of aliphatic imine (C=N–C) groups is 1. The van der Waals surface area contributed by atoms with Gasteiger partial charge in [0.1, 0.15) is 0 Å². The summed E-state index contributed by atoms with van der Waals surface area (Å²) >= 11 is 0. The van der Waals surface area contributed by atoms with Crippen molar-refractivity contribution in [2.45, 2.75) is 12.8 Å². The highest BCUT2D eigenvalue weighted by Gasteiger charge is 2.29. The molecule has 0 atom stereocenters. The third-order valence-electron chi connectivity index (χ3n) is 2.72. The predicted molar refractivity (Wildman–Crippen MR) is 70.8 cm³/mol. The van der Waals surface area contributed by atoms with Crippen molar-refractivity contribution in [3.8, 4) is 0 Å². The highest BCUT2D eigenvalue weighted by Crippen LogP contribution is 2.30. The number of alkyl halides is 3. The summed E-state index contributed by atoms with van der Waals surface area (Å²) in [5, 5.41) is 5.02. The maximum atomic E-state index is 12.4. The van der Waals surface area contributed by atoms with Crippen LogP contribution in [0.1, 0.15) is 16.8 Å². The smallest absolute Gasteiger partial charge is 0.378 e. The maximum absolute atomic E-state index is 12.4. The molecule has 2 N–H and O–H groups in total. The van der Waals surface area contributed by atoms with Crippen molar-refractivity contribution in [1.29, 1.82) is 0 Å². The molecule has 1 aromatic carbocycles. The van der Waals surface area contributed by atoms with Crippen molar-refractivity contribution in [2.75, 3.05) is 7.11 Å². The van der Waals surface area contributed by atoms with Gasteiger partial charge in [-0.25, -0.2) is 0 Å². The second kappa shape index (κ2) is 5.96. The standard InChI is InChI=1S/C13H12F3N3O2/c1-21-7-11-10(12(20)19-18-11)6-17-9-4-2-8(3-5-9)13(14,15)16/h2-6H,7H2,1H3,(H2,18,19,20). The second-order valence-corrected chi connectivity index (χ2v) is 4.21. The van der Waals surface area contributed by atoms with E-state index in [-0.39, 0.29) is 17.7 Å². The minimum atomic E-state index is -4.38. The van der Waals surface area contributed by atoms with Crippen LogP contribution in [0.25, 0.3) is 0 Å². The molecule has 2 rings (SSSR count). The molecule has 0 saturated carbocycles. The Bertz CT molecular complexity index is 684. The Morgan fingerprint density at radius 2 is 1.90 bits per heavy atom. The molecule has 1 heterocycles. The third-order valence-corrected chi connectivity index (χ3v) is 2.72. The van der Waals surface area contributed by atoms with Crippen LogP contribution in [0.4, 0.5) is 18.9 Å². The Labute approximate surface area is 117 Å². The van der Waals surface area contributed by atoms with Gasteiger partial charge in [-0.15, -0.1) is 0 Å². The zero-order chi connectivity index (χ0) is 15.5. The van der Waals surface area contributed by atoms with Crippen molar-refractivity contribution in [3.05, 3.63) is 51.4 Å². The van der Waals surface area contributed by atoms with Crippen LogP contribution < -0.4 is 5.56 Å². The van der Waals surface area contributed by atoms with Gasteiger partial charge in [0, 0.05) is 13.3 Å². The van der Waals surface area contributed by atoms with E-state index in [9.17, 15) is 18.0 Å². The molecule has 0 radical (unpaired) electrons. The largest absolute Gasteiger partial charge is 0.416 e. The molecule has 112 valence electrons. The molecule has 0 aliphatic rings. The number of aromatic amines is 2. The number of ether oxygens (including phenoxy) is 1. The molecule has 0 spiro atoms. The van der Waals surface area contributed by atoms with Crippen molar-refractivity contribution >= 4 is 11.9 Å². The Morgan fingerprint density at radius 1 is 1.24 bits per heavy atom. The maximum Gasteiger partial charge on any atom is 0.416 e. The van der Waals surface area contributed by atoms with E-state index in [0.717, 1.165) is 12.1 Å². The fourth-order valence-corrected chi connectivity index (χ4v) is 1.67. The molecule has 0 bridgehead atoms. The summed E-state index contributed by atoms with van der Waals surface area (Å²) in [7, 11) is 1.47. The van der Waals surface area contributed by atoms with Gasteiger partial charge in [0.05, 0.1) is 29.1 Å². The summed E-state index contributed by atoms with van der Waals surface area (Å²) < 4.78 is 42.2. The van der Waals surface area contributed by atoms with E-state index in [0.29, 0.717) is 11.4 Å². The van der Waals surface area contributed by atoms with Gasteiger partial charge >= 0.3 is 6.18 Å². The minimum absolute atomic E-state index is 0.188. The van der Waals surface area contributed by atoms with Gasteiger partial charge in [-0.2, -0.15) is 13.2 Å². The monoisotopic (exact) mass is 299 g/mol. The normalized spacial score (nSPS) is 12.2. The van der Waals surface area contributed by atoms with E-state index in [1.165, 1.54) is 25.5 Å². The molecular weight excluding hydrogens is 287 g/mol. The van der Waals surface area contributed by atoms with Gasteiger partial charge in [0.2, 0.25) is 0 Å². The fourth-order valence-electron chi connectivity index (χ4n) is 1.67. The molecule has 5 nitrogen and oxygen atoms in total. The van der Waals surface area contributed by atoms with E-state index >= 15 is 0 Å². The van der Waals surface area contributed by atoms with E-state index < -0.39 is 11.7 Å². The van der Waals surface area contributed by atoms with Crippen LogP contribution in [-0.2, 0) is 17.5 Å². The number of hydrogen-bond donors (Lipinski definition) is 2. The molecular formula is C13H12F3N3O2. The zero-order valence-corrected chi connectivity index (χ0v) is 11.0. The number of methoxy groups -OCH3 is 1. The van der Waals surface area contributed by atoms with Crippen molar-refractivity contribution in [2.24, 2.45) is 4.99 Å². The molecule has 2 aromatic rings. The lowest BCUT2D eigenvalue weighted by molar-refractivity contribution is -0.137. The molecule has 1 aromatic heterocycles. The van der Waals surface area contributed by atoms with Crippen LogP contribution in [0, 0.1) is 0 Å². The summed E-state index contributed by atoms with van der Waals surface area (Å²) in [6.45, 7) is 0.188. The third kappa shape index (κ3) is 3.60. The quantitative estimate of drug-likeness (QED) is 0.852. The summed E-state index contributed by atoms with van der Waals surface area (Å²) in [6.07, 6.45) is -3.10. The number of hydrogen-bond acceptors (Lipinski definition) is 3. The van der Waals surface area contributed by atoms with Gasteiger partial charge in [-0.1, -0.05) is 0 Å². The second-order valence-electron chi connectivity index (χ2n) is 4.21. The first-order valence-electron chi connectivity index (χ1n) is 5.91. The Balaban J connectivity index is 2.22. The lowest BCUT2D eigenvalue weighted by Gasteiger charge is -2.05. The number of H-pyrrole nitrogens is 2. The van der Waals surface area contributed by atoms with Gasteiger partial charge in [-0.3, -0.25) is 20.0 Å². The SMILES string of the molecule is COCc1[nH][nH]c(=O)c1C=Nc1ccc(C(F)(F)F)cc1. The lowest BCUT2D eigenvalue weighted by Crippen LogP contribution is -2.06. The summed E-state index contributed by atoms with van der Waals surface area (Å²) in [5.41, 5.74) is -0.0272. The molecule has 21 heavy (non-hydrogen) atoms. The zero-order valence-electron chi connectivity index (χ0n) is 11.0. The van der Waals surface area contributed by atoms with Crippen LogP contribution >= 0.6 is 0 Å². The van der Waals surface area contributed by atoms with Crippen LogP contribution in [0.15, 0.2) is 34.1 Å². The highest BCUT2D eigenvalue weighted by atomic mass is 19.4. The van der Waals surface area contributed by atoms with Crippen molar-refractivity contribution < 1.29 is 17.9 Å². The highest BCUT2D eigenvalue weighted by molar-refractivity contribution is 5.82. The van der Waals surface area contributed by atoms with Crippen LogP contribution in [0.3, 0.4) is 0 Å². The Kier molecular flexibility index (Phi) is 4.27. The molecule has 0 aliphatic carbocycles. The molecule has 0 amide bonds. The first-order chi connectivity index (χ1) is 9.91. The van der Waals surface area contributed by atoms with Gasteiger partial charge in [0.25, 0.3) is 5.56 Å². The van der Waals surface area contributed by atoms with E-state index in [4.69, 9.17) is 4.74 Å². The topological polar surface area (TPSA) is 70.2 Å². The number of rotatable bonds is 4. The number of halogens is 3. The van der Waals surface area contributed by atoms with Gasteiger partial charge < -0.3 is 4.74 Å². The first kappa shape index (κ1) is 15.0. The van der Waals surface area contributed by atoms with Crippen molar-refractivity contribution in [1.82, 2.24) is 10.2 Å². The minimum Gasteiger partial charge on any atom is -0.378 e. The average molecular weight is 299 g/mol. The Hall–Kier alpha value is -2.35. The first-order valence-corrected chi connectivity index (χ1v) is 5.91. The summed E-state index contributed by atoms with van der Waals surface area (Å²) in [4.78, 5) is 15.5. The number of aromatic nitrogens is 2. The lowest BCUT2D eigenvalue weighted by atomic mass is 10.2. The number of benzene rings is 1.